The number of nitrogens with one attached hydrogen (secondary N) is 1. The Kier molecular flexibility index (Phi) is 11.9. The van der Waals surface area contributed by atoms with Gasteiger partial charge in [-0.2, -0.15) is 0 Å². The van der Waals surface area contributed by atoms with Crippen LogP contribution in [0.4, 0.5) is 5.69 Å². The lowest BCUT2D eigenvalue weighted by molar-refractivity contribution is -0.140. The van der Waals surface area contributed by atoms with Crippen molar-refractivity contribution in [3.63, 3.8) is 0 Å². The van der Waals surface area contributed by atoms with Gasteiger partial charge in [0.05, 0.1) is 17.7 Å². The van der Waals surface area contributed by atoms with E-state index < -0.39 is 28.5 Å². The number of amides is 2. The maximum atomic E-state index is 14.2. The summed E-state index contributed by atoms with van der Waals surface area (Å²) in [6, 6.07) is 20.0. The molecule has 3 aromatic rings. The first-order valence-corrected chi connectivity index (χ1v) is 16.7. The van der Waals surface area contributed by atoms with Gasteiger partial charge in [0.15, 0.2) is 0 Å². The number of anilines is 1. The topological polar surface area (TPSA) is 96.0 Å². The van der Waals surface area contributed by atoms with Crippen molar-refractivity contribution >= 4 is 39.3 Å². The first kappa shape index (κ1) is 33.0. The van der Waals surface area contributed by atoms with E-state index in [-0.39, 0.29) is 23.4 Å². The number of benzene rings is 3. The van der Waals surface area contributed by atoms with Crippen LogP contribution in [0, 0.1) is 6.92 Å². The number of carbonyl (C=O) groups is 2. The minimum absolute atomic E-state index is 0.0750. The minimum atomic E-state index is -4.12. The lowest BCUT2D eigenvalue weighted by atomic mass is 10.1. The number of sulfonamides is 1. The predicted octanol–water partition coefficient (Wildman–Crippen LogP) is 5.64. The summed E-state index contributed by atoms with van der Waals surface area (Å²) >= 11 is 1.51. The molecule has 10 heteroatoms. The van der Waals surface area contributed by atoms with E-state index in [4.69, 9.17) is 4.74 Å². The van der Waals surface area contributed by atoms with Crippen LogP contribution in [-0.4, -0.2) is 57.1 Å². The zero-order valence-electron chi connectivity index (χ0n) is 25.2. The summed E-state index contributed by atoms with van der Waals surface area (Å²) in [4.78, 5) is 30.1. The molecule has 2 atom stereocenters. The summed E-state index contributed by atoms with van der Waals surface area (Å²) in [6.45, 7) is 7.26. The van der Waals surface area contributed by atoms with Crippen molar-refractivity contribution in [1.82, 2.24) is 10.2 Å². The number of hydrogen-bond acceptors (Lipinski definition) is 6. The molecule has 1 N–H and O–H groups in total. The van der Waals surface area contributed by atoms with Gasteiger partial charge in [0, 0.05) is 17.5 Å². The van der Waals surface area contributed by atoms with Gasteiger partial charge in [-0.05, 0) is 87.0 Å². The Balaban J connectivity index is 2.06. The van der Waals surface area contributed by atoms with Crippen molar-refractivity contribution in [3.05, 3.63) is 83.9 Å². The summed E-state index contributed by atoms with van der Waals surface area (Å²) < 4.78 is 34.5. The summed E-state index contributed by atoms with van der Waals surface area (Å²) in [6.07, 6.45) is 3.01. The van der Waals surface area contributed by atoms with Gasteiger partial charge in [-0.25, -0.2) is 8.42 Å². The Morgan fingerprint density at radius 1 is 0.976 bits per heavy atom. The Hall–Kier alpha value is -3.50. The number of ether oxygens (including phenoxy) is 1. The van der Waals surface area contributed by atoms with Crippen molar-refractivity contribution in [2.24, 2.45) is 0 Å². The van der Waals surface area contributed by atoms with E-state index in [1.54, 1.807) is 55.6 Å². The standard InChI is InChI=1S/C32H41N3O5S2/c1-7-24(4)33-32(37)30(8-2)34(21-25-10-9-11-27(20-25)40-5)31(36)22-35(26-14-12-23(3)13-15-26)42(38,39)29-18-16-28(41-6)17-19-29/h9-20,24,30H,7-8,21-22H2,1-6H3,(H,33,37)/t24-,30+/m0/s1. The number of thioether (sulfide) groups is 1. The van der Waals surface area contributed by atoms with E-state index in [1.807, 2.05) is 58.2 Å². The molecule has 3 rings (SSSR count). The summed E-state index contributed by atoms with van der Waals surface area (Å²) in [5.41, 5.74) is 2.08. The summed E-state index contributed by atoms with van der Waals surface area (Å²) in [5.74, 6) is -0.149. The van der Waals surface area contributed by atoms with Crippen molar-refractivity contribution < 1.29 is 22.7 Å². The molecule has 0 aliphatic carbocycles. The van der Waals surface area contributed by atoms with Gasteiger partial charge in [0.25, 0.3) is 10.0 Å². The second-order valence-electron chi connectivity index (χ2n) is 10.1. The second kappa shape index (κ2) is 15.1. The molecule has 0 unspecified atom stereocenters. The molecule has 0 aliphatic heterocycles. The fourth-order valence-electron chi connectivity index (χ4n) is 4.44. The molecular formula is C32H41N3O5S2. The molecule has 0 saturated carbocycles. The third kappa shape index (κ3) is 8.29. The van der Waals surface area contributed by atoms with Crippen LogP contribution in [-0.2, 0) is 26.2 Å². The number of rotatable bonds is 14. The zero-order chi connectivity index (χ0) is 30.9. The third-order valence-corrected chi connectivity index (χ3v) is 9.65. The maximum Gasteiger partial charge on any atom is 0.264 e. The van der Waals surface area contributed by atoms with Gasteiger partial charge in [-0.15, -0.1) is 11.8 Å². The van der Waals surface area contributed by atoms with E-state index in [9.17, 15) is 18.0 Å². The smallest absolute Gasteiger partial charge is 0.264 e. The second-order valence-corrected chi connectivity index (χ2v) is 12.9. The number of carbonyl (C=O) groups excluding carboxylic acids is 2. The van der Waals surface area contributed by atoms with Crippen LogP contribution < -0.4 is 14.4 Å². The highest BCUT2D eigenvalue weighted by Crippen LogP contribution is 2.27. The monoisotopic (exact) mass is 611 g/mol. The fourth-order valence-corrected chi connectivity index (χ4v) is 6.27. The largest absolute Gasteiger partial charge is 0.497 e. The van der Waals surface area contributed by atoms with E-state index in [1.165, 1.54) is 16.7 Å². The van der Waals surface area contributed by atoms with Crippen molar-refractivity contribution in [1.29, 1.82) is 0 Å². The molecule has 0 bridgehead atoms. The van der Waals surface area contributed by atoms with Crippen molar-refractivity contribution in [2.45, 2.75) is 69.0 Å². The molecule has 0 aromatic heterocycles. The van der Waals surface area contributed by atoms with E-state index in [2.05, 4.69) is 5.32 Å². The highest BCUT2D eigenvalue weighted by Gasteiger charge is 2.34. The quantitative estimate of drug-likeness (QED) is 0.237. The summed E-state index contributed by atoms with van der Waals surface area (Å²) in [5, 5.41) is 2.99. The van der Waals surface area contributed by atoms with Crippen molar-refractivity contribution in [2.75, 3.05) is 24.2 Å². The normalized spacial score (nSPS) is 12.7. The lowest BCUT2D eigenvalue weighted by Gasteiger charge is -2.33. The number of aryl methyl sites for hydroxylation is 1. The zero-order valence-corrected chi connectivity index (χ0v) is 26.8. The lowest BCUT2D eigenvalue weighted by Crippen LogP contribution is -2.53. The summed E-state index contributed by atoms with van der Waals surface area (Å²) in [7, 11) is -2.56. The molecule has 0 radical (unpaired) electrons. The third-order valence-electron chi connectivity index (χ3n) is 7.12. The Labute approximate surface area is 254 Å². The number of hydrogen-bond donors (Lipinski definition) is 1. The van der Waals surface area contributed by atoms with E-state index in [0.29, 0.717) is 17.9 Å². The van der Waals surface area contributed by atoms with Crippen LogP contribution in [0.15, 0.2) is 82.6 Å². The van der Waals surface area contributed by atoms with Gasteiger partial charge < -0.3 is 15.0 Å². The van der Waals surface area contributed by atoms with Gasteiger partial charge >= 0.3 is 0 Å². The van der Waals surface area contributed by atoms with Crippen LogP contribution in [0.25, 0.3) is 0 Å². The molecule has 0 heterocycles. The predicted molar refractivity (Wildman–Crippen MR) is 169 cm³/mol. The van der Waals surface area contributed by atoms with E-state index in [0.717, 1.165) is 26.7 Å². The number of nitrogens with zero attached hydrogens (tertiary/aromatic N) is 2. The van der Waals surface area contributed by atoms with Crippen LogP contribution in [0.1, 0.15) is 44.7 Å². The Morgan fingerprint density at radius 2 is 1.64 bits per heavy atom. The van der Waals surface area contributed by atoms with Gasteiger partial charge in [0.1, 0.15) is 18.3 Å². The molecule has 0 aliphatic rings. The number of methoxy groups -OCH3 is 1. The molecule has 0 saturated heterocycles. The van der Waals surface area contributed by atoms with Crippen LogP contribution in [0.5, 0.6) is 5.75 Å². The molecule has 3 aromatic carbocycles. The molecular weight excluding hydrogens is 571 g/mol. The molecule has 8 nitrogen and oxygen atoms in total. The maximum absolute atomic E-state index is 14.2. The first-order chi connectivity index (χ1) is 20.0. The average Bonchev–Trinajstić information content (AvgIpc) is 3.00. The fraction of sp³-hybridized carbons (Fsp3) is 0.375. The van der Waals surface area contributed by atoms with Gasteiger partial charge in [-0.3, -0.25) is 13.9 Å². The van der Waals surface area contributed by atoms with Gasteiger partial charge in [-0.1, -0.05) is 43.7 Å². The first-order valence-electron chi connectivity index (χ1n) is 14.0. The van der Waals surface area contributed by atoms with Gasteiger partial charge in [0.2, 0.25) is 11.8 Å². The molecule has 226 valence electrons. The van der Waals surface area contributed by atoms with Crippen molar-refractivity contribution in [3.8, 4) is 5.75 Å². The molecule has 42 heavy (non-hydrogen) atoms. The Morgan fingerprint density at radius 3 is 2.21 bits per heavy atom. The molecule has 2 amide bonds. The average molecular weight is 612 g/mol. The minimum Gasteiger partial charge on any atom is -0.497 e. The molecule has 0 fully saturated rings. The van der Waals surface area contributed by atoms with Crippen LogP contribution in [0.2, 0.25) is 0 Å². The Bertz CT molecular complexity index is 1440. The van der Waals surface area contributed by atoms with E-state index >= 15 is 0 Å². The van der Waals surface area contributed by atoms with Crippen LogP contribution in [0.3, 0.4) is 0 Å². The van der Waals surface area contributed by atoms with Crippen LogP contribution >= 0.6 is 11.8 Å². The highest BCUT2D eigenvalue weighted by atomic mass is 32.2. The SMILES string of the molecule is CC[C@H](C(=O)N[C@@H](C)CC)N(Cc1cccc(OC)c1)C(=O)CN(c1ccc(C)cc1)S(=O)(=O)c1ccc(SC)cc1. The molecule has 0 spiro atoms. The highest BCUT2D eigenvalue weighted by molar-refractivity contribution is 7.98.